The van der Waals surface area contributed by atoms with Crippen molar-refractivity contribution in [2.45, 2.75) is 18.5 Å². The van der Waals surface area contributed by atoms with Gasteiger partial charge >= 0.3 is 0 Å². The van der Waals surface area contributed by atoms with Gasteiger partial charge in [0.05, 0.1) is 6.61 Å². The highest BCUT2D eigenvalue weighted by molar-refractivity contribution is 5.16. The summed E-state index contributed by atoms with van der Waals surface area (Å²) in [4.78, 5) is 4.62. The summed E-state index contributed by atoms with van der Waals surface area (Å²) >= 11 is 0. The van der Waals surface area contributed by atoms with Crippen molar-refractivity contribution in [3.8, 4) is 0 Å². The third-order valence-corrected chi connectivity index (χ3v) is 3.98. The van der Waals surface area contributed by atoms with Gasteiger partial charge in [0.1, 0.15) is 0 Å². The number of hydrogen-bond donors (Lipinski definition) is 2. The standard InChI is InChI=1S/C16H27N3O/c1-18(2)8-9-19-12-15(17-11-16(19)13-20)10-14-6-4-3-5-7-14/h3-7,15-17,20H,8-13H2,1-2H3. The smallest absolute Gasteiger partial charge is 0.0599 e. The third-order valence-electron chi connectivity index (χ3n) is 3.98. The van der Waals surface area contributed by atoms with Gasteiger partial charge < -0.3 is 15.3 Å². The van der Waals surface area contributed by atoms with Crippen molar-refractivity contribution >= 4 is 0 Å². The molecule has 0 aliphatic carbocycles. The van der Waals surface area contributed by atoms with Crippen LogP contribution in [0.5, 0.6) is 0 Å². The van der Waals surface area contributed by atoms with Crippen LogP contribution in [0.4, 0.5) is 0 Å². The molecule has 112 valence electrons. The maximum atomic E-state index is 9.51. The molecule has 20 heavy (non-hydrogen) atoms. The van der Waals surface area contributed by atoms with Gasteiger partial charge in [0.25, 0.3) is 0 Å². The first-order valence-electron chi connectivity index (χ1n) is 7.46. The number of rotatable bonds is 6. The molecule has 2 N–H and O–H groups in total. The Balaban J connectivity index is 1.89. The van der Waals surface area contributed by atoms with E-state index in [0.717, 1.165) is 32.6 Å². The second-order valence-corrected chi connectivity index (χ2v) is 5.93. The highest BCUT2D eigenvalue weighted by Crippen LogP contribution is 2.11. The van der Waals surface area contributed by atoms with E-state index in [1.807, 2.05) is 0 Å². The summed E-state index contributed by atoms with van der Waals surface area (Å²) in [5, 5.41) is 13.1. The first-order chi connectivity index (χ1) is 9.69. The zero-order valence-electron chi connectivity index (χ0n) is 12.6. The predicted octanol–water partition coefficient (Wildman–Crippen LogP) is 0.425. The lowest BCUT2D eigenvalue weighted by atomic mass is 10.0. The van der Waals surface area contributed by atoms with Gasteiger partial charge in [-0.3, -0.25) is 4.90 Å². The highest BCUT2D eigenvalue weighted by atomic mass is 16.3. The largest absolute Gasteiger partial charge is 0.395 e. The van der Waals surface area contributed by atoms with Gasteiger partial charge in [-0.15, -0.1) is 0 Å². The molecular weight excluding hydrogens is 250 g/mol. The van der Waals surface area contributed by atoms with Crippen molar-refractivity contribution in [1.29, 1.82) is 0 Å². The van der Waals surface area contributed by atoms with E-state index in [9.17, 15) is 5.11 Å². The van der Waals surface area contributed by atoms with Crippen molar-refractivity contribution in [2.75, 3.05) is 46.9 Å². The van der Waals surface area contributed by atoms with E-state index < -0.39 is 0 Å². The fraction of sp³-hybridized carbons (Fsp3) is 0.625. The molecule has 0 bridgehead atoms. The number of nitrogens with zero attached hydrogens (tertiary/aromatic N) is 2. The quantitative estimate of drug-likeness (QED) is 0.791. The minimum Gasteiger partial charge on any atom is -0.395 e. The third kappa shape index (κ3) is 4.56. The molecule has 1 aliphatic rings. The molecule has 2 rings (SSSR count). The fourth-order valence-corrected chi connectivity index (χ4v) is 2.75. The Morgan fingerprint density at radius 3 is 2.70 bits per heavy atom. The average Bonchev–Trinajstić information content (AvgIpc) is 2.46. The highest BCUT2D eigenvalue weighted by Gasteiger charge is 2.27. The molecule has 0 saturated carbocycles. The zero-order chi connectivity index (χ0) is 14.4. The van der Waals surface area contributed by atoms with Gasteiger partial charge in [-0.1, -0.05) is 30.3 Å². The van der Waals surface area contributed by atoms with Gasteiger partial charge in [-0.2, -0.15) is 0 Å². The molecule has 1 heterocycles. The number of benzene rings is 1. The van der Waals surface area contributed by atoms with Gasteiger partial charge in [-0.05, 0) is 26.1 Å². The Bertz CT molecular complexity index is 383. The zero-order valence-corrected chi connectivity index (χ0v) is 12.6. The average molecular weight is 277 g/mol. The second kappa shape index (κ2) is 7.74. The molecule has 1 fully saturated rings. The Kier molecular flexibility index (Phi) is 5.98. The molecule has 2 unspecified atom stereocenters. The first kappa shape index (κ1) is 15.4. The van der Waals surface area contributed by atoms with Crippen LogP contribution >= 0.6 is 0 Å². The minimum absolute atomic E-state index is 0.235. The maximum absolute atomic E-state index is 9.51. The van der Waals surface area contributed by atoms with Crippen LogP contribution in [-0.4, -0.2) is 73.9 Å². The van der Waals surface area contributed by atoms with Gasteiger partial charge in [0.15, 0.2) is 0 Å². The number of piperazine rings is 1. The monoisotopic (exact) mass is 277 g/mol. The van der Waals surface area contributed by atoms with Crippen molar-refractivity contribution in [3.63, 3.8) is 0 Å². The van der Waals surface area contributed by atoms with Crippen LogP contribution in [0.3, 0.4) is 0 Å². The summed E-state index contributed by atoms with van der Waals surface area (Å²) in [6.45, 7) is 4.17. The van der Waals surface area contributed by atoms with Crippen LogP contribution < -0.4 is 5.32 Å². The first-order valence-corrected chi connectivity index (χ1v) is 7.46. The second-order valence-electron chi connectivity index (χ2n) is 5.93. The molecule has 0 spiro atoms. The van der Waals surface area contributed by atoms with Crippen LogP contribution in [0, 0.1) is 0 Å². The van der Waals surface area contributed by atoms with Crippen LogP contribution in [0.2, 0.25) is 0 Å². The molecule has 0 amide bonds. The lowest BCUT2D eigenvalue weighted by molar-refractivity contribution is 0.0751. The van der Waals surface area contributed by atoms with Crippen molar-refractivity contribution in [3.05, 3.63) is 35.9 Å². The summed E-state index contributed by atoms with van der Waals surface area (Å²) < 4.78 is 0. The minimum atomic E-state index is 0.235. The SMILES string of the molecule is CN(C)CCN1CC(Cc2ccccc2)NCC1CO. The summed E-state index contributed by atoms with van der Waals surface area (Å²) in [6, 6.07) is 11.3. The van der Waals surface area contributed by atoms with E-state index in [-0.39, 0.29) is 12.6 Å². The molecule has 1 aromatic carbocycles. The van der Waals surface area contributed by atoms with Crippen LogP contribution in [0.25, 0.3) is 0 Å². The summed E-state index contributed by atoms with van der Waals surface area (Å²) in [7, 11) is 4.19. The van der Waals surface area contributed by atoms with Gasteiger partial charge in [-0.25, -0.2) is 0 Å². The van der Waals surface area contributed by atoms with Gasteiger partial charge in [0.2, 0.25) is 0 Å². The molecule has 4 heteroatoms. The van der Waals surface area contributed by atoms with Crippen LogP contribution in [0.1, 0.15) is 5.56 Å². The lowest BCUT2D eigenvalue weighted by Crippen LogP contribution is -2.59. The van der Waals surface area contributed by atoms with Crippen molar-refractivity contribution in [2.24, 2.45) is 0 Å². The lowest BCUT2D eigenvalue weighted by Gasteiger charge is -2.40. The molecule has 1 aromatic rings. The Labute approximate surface area is 122 Å². The maximum Gasteiger partial charge on any atom is 0.0599 e. The van der Waals surface area contributed by atoms with E-state index in [1.165, 1.54) is 5.56 Å². The number of likely N-dealkylation sites (N-methyl/N-ethyl adjacent to an activating group) is 1. The normalized spacial score (nSPS) is 24.2. The number of hydrogen-bond acceptors (Lipinski definition) is 4. The predicted molar refractivity (Wildman–Crippen MR) is 82.9 cm³/mol. The molecule has 1 aliphatic heterocycles. The van der Waals surface area contributed by atoms with Crippen molar-refractivity contribution in [1.82, 2.24) is 15.1 Å². The number of aliphatic hydroxyl groups is 1. The van der Waals surface area contributed by atoms with Crippen LogP contribution in [-0.2, 0) is 6.42 Å². The summed E-state index contributed by atoms with van der Waals surface area (Å²) in [5.74, 6) is 0. The fourth-order valence-electron chi connectivity index (χ4n) is 2.75. The van der Waals surface area contributed by atoms with E-state index in [0.29, 0.717) is 6.04 Å². The molecular formula is C16H27N3O. The Hall–Kier alpha value is -0.940. The molecule has 1 saturated heterocycles. The Morgan fingerprint density at radius 1 is 1.30 bits per heavy atom. The van der Waals surface area contributed by atoms with E-state index in [4.69, 9.17) is 0 Å². The van der Waals surface area contributed by atoms with E-state index in [2.05, 4.69) is 59.5 Å². The van der Waals surface area contributed by atoms with Gasteiger partial charge in [0, 0.05) is 38.3 Å². The Morgan fingerprint density at radius 2 is 2.05 bits per heavy atom. The van der Waals surface area contributed by atoms with Crippen molar-refractivity contribution < 1.29 is 5.11 Å². The van der Waals surface area contributed by atoms with E-state index >= 15 is 0 Å². The molecule has 0 radical (unpaired) electrons. The number of aliphatic hydroxyl groups excluding tert-OH is 1. The molecule has 4 nitrogen and oxygen atoms in total. The molecule has 0 aromatic heterocycles. The summed E-state index contributed by atoms with van der Waals surface area (Å²) in [5.41, 5.74) is 1.38. The topological polar surface area (TPSA) is 38.7 Å². The number of nitrogens with one attached hydrogen (secondary N) is 1. The van der Waals surface area contributed by atoms with E-state index in [1.54, 1.807) is 0 Å². The summed E-state index contributed by atoms with van der Waals surface area (Å²) in [6.07, 6.45) is 1.05. The van der Waals surface area contributed by atoms with Crippen LogP contribution in [0.15, 0.2) is 30.3 Å². The molecule has 2 atom stereocenters.